The van der Waals surface area contributed by atoms with Gasteiger partial charge >= 0.3 is 6.03 Å². The van der Waals surface area contributed by atoms with Crippen LogP contribution >= 0.6 is 11.6 Å². The number of piperidine rings is 1. The van der Waals surface area contributed by atoms with Crippen molar-refractivity contribution in [3.05, 3.63) is 28.8 Å². The molecule has 5 nitrogen and oxygen atoms in total. The predicted molar refractivity (Wildman–Crippen MR) is 88.8 cm³/mol. The number of carbonyl (C=O) groups is 1. The maximum atomic E-state index is 12.6. The van der Waals surface area contributed by atoms with Gasteiger partial charge in [-0.05, 0) is 43.7 Å². The molecule has 1 aromatic rings. The number of aliphatic hydroxyl groups is 1. The second kappa shape index (κ2) is 7.41. The number of hydrogen-bond donors (Lipinski definition) is 2. The number of ether oxygens (including phenoxy) is 1. The van der Waals surface area contributed by atoms with Gasteiger partial charge in [0.15, 0.2) is 0 Å². The molecule has 2 heterocycles. The third-order valence-electron chi connectivity index (χ3n) is 4.61. The van der Waals surface area contributed by atoms with Gasteiger partial charge < -0.3 is 20.1 Å². The molecule has 0 unspecified atom stereocenters. The highest BCUT2D eigenvalue weighted by Gasteiger charge is 2.27. The van der Waals surface area contributed by atoms with E-state index in [1.165, 1.54) is 0 Å². The number of nitrogens with zero attached hydrogens (tertiary/aromatic N) is 1. The van der Waals surface area contributed by atoms with E-state index in [9.17, 15) is 9.90 Å². The molecule has 126 valence electrons. The maximum Gasteiger partial charge on any atom is 0.317 e. The largest absolute Gasteiger partial charge is 0.493 e. The summed E-state index contributed by atoms with van der Waals surface area (Å²) in [5.74, 6) is 0.949. The minimum atomic E-state index is -0.0632. The van der Waals surface area contributed by atoms with Crippen LogP contribution < -0.4 is 10.1 Å². The molecule has 0 aliphatic carbocycles. The zero-order chi connectivity index (χ0) is 16.2. The number of aliphatic hydroxyl groups excluding tert-OH is 1. The van der Waals surface area contributed by atoms with Gasteiger partial charge in [-0.1, -0.05) is 17.7 Å². The zero-order valence-electron chi connectivity index (χ0n) is 13.1. The van der Waals surface area contributed by atoms with Crippen LogP contribution in [0.5, 0.6) is 5.75 Å². The number of hydrogen-bond acceptors (Lipinski definition) is 3. The summed E-state index contributed by atoms with van der Waals surface area (Å²) in [6.45, 7) is 2.15. The Labute approximate surface area is 141 Å². The van der Waals surface area contributed by atoms with Crippen LogP contribution in [0.4, 0.5) is 4.79 Å². The molecule has 6 heteroatoms. The van der Waals surface area contributed by atoms with Crippen LogP contribution in [0.3, 0.4) is 0 Å². The minimum Gasteiger partial charge on any atom is -0.493 e. The van der Waals surface area contributed by atoms with Crippen molar-refractivity contribution < 1.29 is 14.6 Å². The number of halogens is 1. The van der Waals surface area contributed by atoms with Crippen LogP contribution in [0.1, 0.15) is 37.3 Å². The lowest BCUT2D eigenvalue weighted by atomic mass is 9.99. The molecule has 0 aromatic heterocycles. The van der Waals surface area contributed by atoms with Crippen molar-refractivity contribution in [3.63, 3.8) is 0 Å². The summed E-state index contributed by atoms with van der Waals surface area (Å²) in [6, 6.07) is 5.45. The van der Waals surface area contributed by atoms with Gasteiger partial charge in [0.05, 0.1) is 12.6 Å². The summed E-state index contributed by atoms with van der Waals surface area (Å²) >= 11 is 6.04. The highest BCUT2D eigenvalue weighted by atomic mass is 35.5. The SMILES string of the molecule is O=C(N[C@H]1CCCOc2cc(Cl)ccc21)N1CCC[C@H](CO)C1. The van der Waals surface area contributed by atoms with Crippen LogP contribution in [0.15, 0.2) is 18.2 Å². The maximum absolute atomic E-state index is 12.6. The highest BCUT2D eigenvalue weighted by Crippen LogP contribution is 2.33. The molecule has 23 heavy (non-hydrogen) atoms. The molecular formula is C17H23ClN2O3. The van der Waals surface area contributed by atoms with Gasteiger partial charge in [-0.2, -0.15) is 0 Å². The molecule has 0 saturated carbocycles. The van der Waals surface area contributed by atoms with Crippen molar-refractivity contribution in [3.8, 4) is 5.75 Å². The number of nitrogens with one attached hydrogen (secondary N) is 1. The Balaban J connectivity index is 1.71. The van der Waals surface area contributed by atoms with Gasteiger partial charge in [0.2, 0.25) is 0 Å². The van der Waals surface area contributed by atoms with E-state index in [1.54, 1.807) is 0 Å². The fourth-order valence-corrected chi connectivity index (χ4v) is 3.50. The number of likely N-dealkylation sites (tertiary alicyclic amines) is 1. The molecule has 2 aliphatic heterocycles. The van der Waals surface area contributed by atoms with Crippen LogP contribution in [0, 0.1) is 5.92 Å². The Morgan fingerprint density at radius 2 is 2.26 bits per heavy atom. The first-order valence-corrected chi connectivity index (χ1v) is 8.63. The van der Waals surface area contributed by atoms with Gasteiger partial charge in [0.25, 0.3) is 0 Å². The average Bonchev–Trinajstić information content (AvgIpc) is 2.76. The molecule has 0 radical (unpaired) electrons. The standard InChI is InChI=1S/C17H23ClN2O3/c18-13-5-6-14-15(4-2-8-23-16(14)9-13)19-17(22)20-7-1-3-12(10-20)11-21/h5-6,9,12,15,21H,1-4,7-8,10-11H2,(H,19,22)/t12-,15-/m0/s1. The number of fused-ring (bicyclic) bond motifs is 1. The van der Waals surface area contributed by atoms with E-state index < -0.39 is 0 Å². The van der Waals surface area contributed by atoms with E-state index in [2.05, 4.69) is 5.32 Å². The average molecular weight is 339 g/mol. The molecule has 3 rings (SSSR count). The Morgan fingerprint density at radius 1 is 1.39 bits per heavy atom. The monoisotopic (exact) mass is 338 g/mol. The minimum absolute atomic E-state index is 0.0593. The highest BCUT2D eigenvalue weighted by molar-refractivity contribution is 6.30. The molecule has 2 amide bonds. The molecule has 2 aliphatic rings. The van der Waals surface area contributed by atoms with Crippen LogP contribution in [0.2, 0.25) is 5.02 Å². The Bertz CT molecular complexity index is 567. The third kappa shape index (κ3) is 3.90. The fourth-order valence-electron chi connectivity index (χ4n) is 3.33. The lowest BCUT2D eigenvalue weighted by molar-refractivity contribution is 0.127. The summed E-state index contributed by atoms with van der Waals surface area (Å²) in [4.78, 5) is 14.4. The first-order chi connectivity index (χ1) is 11.2. The predicted octanol–water partition coefficient (Wildman–Crippen LogP) is 2.97. The quantitative estimate of drug-likeness (QED) is 0.871. The summed E-state index contributed by atoms with van der Waals surface area (Å²) in [5.41, 5.74) is 0.982. The summed E-state index contributed by atoms with van der Waals surface area (Å²) in [6.07, 6.45) is 3.66. The van der Waals surface area contributed by atoms with E-state index in [0.29, 0.717) is 18.2 Å². The van der Waals surface area contributed by atoms with Crippen molar-refractivity contribution in [2.45, 2.75) is 31.7 Å². The number of rotatable bonds is 2. The second-order valence-corrected chi connectivity index (χ2v) is 6.75. The van der Waals surface area contributed by atoms with Crippen molar-refractivity contribution in [1.29, 1.82) is 0 Å². The van der Waals surface area contributed by atoms with Gasteiger partial charge in [-0.25, -0.2) is 4.79 Å². The number of urea groups is 1. The van der Waals surface area contributed by atoms with E-state index >= 15 is 0 Å². The van der Waals surface area contributed by atoms with Gasteiger partial charge in [-0.3, -0.25) is 0 Å². The molecule has 0 spiro atoms. The first kappa shape index (κ1) is 16.4. The smallest absolute Gasteiger partial charge is 0.317 e. The van der Waals surface area contributed by atoms with E-state index in [4.69, 9.17) is 16.3 Å². The summed E-state index contributed by atoms with van der Waals surface area (Å²) in [7, 11) is 0. The van der Waals surface area contributed by atoms with Gasteiger partial charge in [-0.15, -0.1) is 0 Å². The normalized spacial score (nSPS) is 24.3. The van der Waals surface area contributed by atoms with E-state index in [-0.39, 0.29) is 24.6 Å². The van der Waals surface area contributed by atoms with E-state index in [1.807, 2.05) is 23.1 Å². The number of benzene rings is 1. The Morgan fingerprint density at radius 3 is 3.09 bits per heavy atom. The van der Waals surface area contributed by atoms with E-state index in [0.717, 1.165) is 43.5 Å². The fraction of sp³-hybridized carbons (Fsp3) is 0.588. The number of carbonyl (C=O) groups excluding carboxylic acids is 1. The topological polar surface area (TPSA) is 61.8 Å². The molecular weight excluding hydrogens is 316 g/mol. The van der Waals surface area contributed by atoms with Crippen LogP contribution in [-0.2, 0) is 0 Å². The van der Waals surface area contributed by atoms with Gasteiger partial charge in [0.1, 0.15) is 5.75 Å². The number of amides is 2. The first-order valence-electron chi connectivity index (χ1n) is 8.26. The Hall–Kier alpha value is -1.46. The molecule has 2 atom stereocenters. The van der Waals surface area contributed by atoms with Crippen molar-refractivity contribution in [1.82, 2.24) is 10.2 Å². The van der Waals surface area contributed by atoms with Crippen molar-refractivity contribution >= 4 is 17.6 Å². The second-order valence-electron chi connectivity index (χ2n) is 6.31. The third-order valence-corrected chi connectivity index (χ3v) is 4.84. The lowest BCUT2D eigenvalue weighted by Gasteiger charge is -2.33. The summed E-state index contributed by atoms with van der Waals surface area (Å²) < 4.78 is 5.74. The van der Waals surface area contributed by atoms with Gasteiger partial charge in [0, 0.05) is 30.3 Å². The van der Waals surface area contributed by atoms with Crippen molar-refractivity contribution in [2.24, 2.45) is 5.92 Å². The summed E-state index contributed by atoms with van der Waals surface area (Å²) in [5, 5.41) is 13.1. The van der Waals surface area contributed by atoms with Crippen LogP contribution in [0.25, 0.3) is 0 Å². The molecule has 1 aromatic carbocycles. The Kier molecular flexibility index (Phi) is 5.28. The molecule has 0 bridgehead atoms. The molecule has 1 fully saturated rings. The van der Waals surface area contributed by atoms with Crippen molar-refractivity contribution in [2.75, 3.05) is 26.3 Å². The lowest BCUT2D eigenvalue weighted by Crippen LogP contribution is -2.47. The molecule has 2 N–H and O–H groups in total. The zero-order valence-corrected chi connectivity index (χ0v) is 13.9. The van der Waals surface area contributed by atoms with Crippen LogP contribution in [-0.4, -0.2) is 42.3 Å². The molecule has 1 saturated heterocycles.